The highest BCUT2D eigenvalue weighted by molar-refractivity contribution is 7.80. The third kappa shape index (κ3) is 1.61. The summed E-state index contributed by atoms with van der Waals surface area (Å²) in [6, 6.07) is 0. The van der Waals surface area contributed by atoms with Gasteiger partial charge < -0.3 is 11.2 Å². The average molecular weight is 225 g/mol. The second-order valence-electron chi connectivity index (χ2n) is 5.27. The van der Waals surface area contributed by atoms with Crippen molar-refractivity contribution in [3.8, 4) is 0 Å². The van der Waals surface area contributed by atoms with Gasteiger partial charge in [-0.1, -0.05) is 20.8 Å². The molecule has 1 saturated carbocycles. The second-order valence-corrected chi connectivity index (χ2v) is 5.71. The Labute approximate surface area is 96.5 Å². The molecule has 84 valence electrons. The van der Waals surface area contributed by atoms with Crippen molar-refractivity contribution >= 4 is 17.3 Å². The van der Waals surface area contributed by atoms with Gasteiger partial charge in [0.05, 0.1) is 0 Å². The predicted octanol–water partition coefficient (Wildman–Crippen LogP) is 1.66. The van der Waals surface area contributed by atoms with E-state index in [4.69, 9.17) is 18.0 Å². The monoisotopic (exact) mass is 225 g/mol. The number of fused-ring (bicyclic) bond motifs is 2. The first-order valence-electron chi connectivity index (χ1n) is 5.46. The van der Waals surface area contributed by atoms with Crippen molar-refractivity contribution < 1.29 is 0 Å². The highest BCUT2D eigenvalue weighted by Gasteiger charge is 2.49. The van der Waals surface area contributed by atoms with E-state index >= 15 is 0 Å². The largest absolute Gasteiger partial charge is 0.375 e. The quantitative estimate of drug-likeness (QED) is 0.494. The van der Waals surface area contributed by atoms with Crippen molar-refractivity contribution in [3.05, 3.63) is 11.3 Å². The SMILES string of the molecule is CC1C2=C(NNC(N)=S)CC(C2)C1(C)C. The van der Waals surface area contributed by atoms with Crippen LogP contribution in [0.5, 0.6) is 0 Å². The molecule has 0 aromatic rings. The Morgan fingerprint density at radius 2 is 2.13 bits per heavy atom. The Hall–Kier alpha value is -0.770. The standard InChI is InChI=1S/C11H19N3S/c1-6-8-4-7(11(6,2)3)5-9(8)13-14-10(12)15/h6-7,13H,4-5H2,1-3H3,(H3,12,14,15). The summed E-state index contributed by atoms with van der Waals surface area (Å²) in [5.74, 6) is 1.44. The molecule has 0 amide bonds. The van der Waals surface area contributed by atoms with Crippen LogP contribution >= 0.6 is 12.2 Å². The van der Waals surface area contributed by atoms with E-state index in [0.717, 1.165) is 12.3 Å². The molecule has 2 atom stereocenters. The van der Waals surface area contributed by atoms with Crippen molar-refractivity contribution in [1.82, 2.24) is 10.9 Å². The van der Waals surface area contributed by atoms with E-state index in [-0.39, 0.29) is 0 Å². The van der Waals surface area contributed by atoms with Crippen LogP contribution in [0.4, 0.5) is 0 Å². The van der Waals surface area contributed by atoms with Gasteiger partial charge in [-0.25, -0.2) is 0 Å². The maximum absolute atomic E-state index is 5.39. The summed E-state index contributed by atoms with van der Waals surface area (Å²) < 4.78 is 0. The summed E-state index contributed by atoms with van der Waals surface area (Å²) in [6.07, 6.45) is 2.36. The van der Waals surface area contributed by atoms with Gasteiger partial charge in [0.15, 0.2) is 5.11 Å². The minimum Gasteiger partial charge on any atom is -0.375 e. The minimum absolute atomic E-state index is 0.304. The summed E-state index contributed by atoms with van der Waals surface area (Å²) in [4.78, 5) is 0. The lowest BCUT2D eigenvalue weighted by atomic mass is 9.71. The number of hydrazine groups is 1. The molecule has 4 N–H and O–H groups in total. The molecule has 2 aliphatic rings. The van der Waals surface area contributed by atoms with Gasteiger partial charge in [-0.05, 0) is 47.9 Å². The number of rotatable bonds is 2. The van der Waals surface area contributed by atoms with E-state index in [1.807, 2.05) is 0 Å². The van der Waals surface area contributed by atoms with Crippen LogP contribution in [-0.4, -0.2) is 5.11 Å². The van der Waals surface area contributed by atoms with E-state index < -0.39 is 0 Å². The summed E-state index contributed by atoms with van der Waals surface area (Å²) >= 11 is 4.77. The highest BCUT2D eigenvalue weighted by atomic mass is 32.1. The predicted molar refractivity (Wildman–Crippen MR) is 65.8 cm³/mol. The van der Waals surface area contributed by atoms with E-state index in [9.17, 15) is 0 Å². The number of allylic oxidation sites excluding steroid dienone is 2. The second kappa shape index (κ2) is 3.37. The molecule has 0 saturated heterocycles. The topological polar surface area (TPSA) is 50.1 Å². The van der Waals surface area contributed by atoms with Crippen LogP contribution in [0.15, 0.2) is 11.3 Å². The van der Waals surface area contributed by atoms with Crippen LogP contribution < -0.4 is 16.6 Å². The fourth-order valence-electron chi connectivity index (χ4n) is 2.87. The first-order valence-corrected chi connectivity index (χ1v) is 5.87. The number of hydrogen-bond acceptors (Lipinski definition) is 2. The molecule has 0 aliphatic heterocycles. The average Bonchev–Trinajstić information content (AvgIpc) is 2.64. The molecule has 0 heterocycles. The number of nitrogens with two attached hydrogens (primary N) is 1. The molecule has 4 heteroatoms. The lowest BCUT2D eigenvalue weighted by Crippen LogP contribution is -2.42. The van der Waals surface area contributed by atoms with Gasteiger partial charge in [-0.15, -0.1) is 0 Å². The maximum atomic E-state index is 5.39. The van der Waals surface area contributed by atoms with E-state index in [2.05, 4.69) is 31.6 Å². The van der Waals surface area contributed by atoms with Crippen molar-refractivity contribution in [3.63, 3.8) is 0 Å². The van der Waals surface area contributed by atoms with Gasteiger partial charge in [0.2, 0.25) is 0 Å². The molecule has 0 aromatic carbocycles. The molecule has 2 rings (SSSR count). The zero-order chi connectivity index (χ0) is 11.2. The molecular formula is C11H19N3S. The Bertz CT molecular complexity index is 333. The van der Waals surface area contributed by atoms with E-state index in [1.54, 1.807) is 5.57 Å². The van der Waals surface area contributed by atoms with Crippen molar-refractivity contribution in [2.24, 2.45) is 23.0 Å². The summed E-state index contributed by atoms with van der Waals surface area (Å²) in [6.45, 7) is 7.05. The molecular weight excluding hydrogens is 206 g/mol. The highest BCUT2D eigenvalue weighted by Crippen LogP contribution is 2.57. The van der Waals surface area contributed by atoms with E-state index in [0.29, 0.717) is 16.4 Å². The molecule has 0 radical (unpaired) electrons. The molecule has 15 heavy (non-hydrogen) atoms. The van der Waals surface area contributed by atoms with Crippen molar-refractivity contribution in [1.29, 1.82) is 0 Å². The molecule has 2 aliphatic carbocycles. The minimum atomic E-state index is 0.304. The molecule has 0 aromatic heterocycles. The van der Waals surface area contributed by atoms with Crippen molar-refractivity contribution in [2.45, 2.75) is 33.6 Å². The molecule has 2 unspecified atom stereocenters. The van der Waals surface area contributed by atoms with Crippen LogP contribution in [0.25, 0.3) is 0 Å². The zero-order valence-electron chi connectivity index (χ0n) is 9.55. The summed E-state index contributed by atoms with van der Waals surface area (Å²) in [5, 5.41) is 0.304. The molecule has 0 spiro atoms. The van der Waals surface area contributed by atoms with Gasteiger partial charge in [0, 0.05) is 5.70 Å². The van der Waals surface area contributed by atoms with Gasteiger partial charge in [0.1, 0.15) is 0 Å². The number of nitrogens with one attached hydrogen (secondary N) is 2. The van der Waals surface area contributed by atoms with Gasteiger partial charge in [-0.3, -0.25) is 5.43 Å². The first-order chi connectivity index (χ1) is 6.93. The summed E-state index contributed by atoms with van der Waals surface area (Å²) in [7, 11) is 0. The Kier molecular flexibility index (Phi) is 2.41. The van der Waals surface area contributed by atoms with Gasteiger partial charge in [-0.2, -0.15) is 0 Å². The van der Waals surface area contributed by atoms with Gasteiger partial charge in [0.25, 0.3) is 0 Å². The zero-order valence-corrected chi connectivity index (χ0v) is 10.4. The maximum Gasteiger partial charge on any atom is 0.182 e. The fraction of sp³-hybridized carbons (Fsp3) is 0.727. The van der Waals surface area contributed by atoms with Crippen LogP contribution in [0.3, 0.4) is 0 Å². The number of hydrogen-bond donors (Lipinski definition) is 3. The molecule has 3 nitrogen and oxygen atoms in total. The normalized spacial score (nSPS) is 31.9. The van der Waals surface area contributed by atoms with Gasteiger partial charge >= 0.3 is 0 Å². The fourth-order valence-corrected chi connectivity index (χ4v) is 2.92. The van der Waals surface area contributed by atoms with E-state index in [1.165, 1.54) is 12.1 Å². The Balaban J connectivity index is 2.11. The third-order valence-corrected chi connectivity index (χ3v) is 4.43. The van der Waals surface area contributed by atoms with Crippen LogP contribution in [0, 0.1) is 17.3 Å². The summed E-state index contributed by atoms with van der Waals surface area (Å²) in [5.41, 5.74) is 14.7. The molecule has 2 bridgehead atoms. The van der Waals surface area contributed by atoms with Crippen LogP contribution in [0.2, 0.25) is 0 Å². The first kappa shape index (κ1) is 10.7. The van der Waals surface area contributed by atoms with Crippen LogP contribution in [-0.2, 0) is 0 Å². The smallest absolute Gasteiger partial charge is 0.182 e. The number of thiocarbonyl (C=S) groups is 1. The Morgan fingerprint density at radius 3 is 2.60 bits per heavy atom. The lowest BCUT2D eigenvalue weighted by Gasteiger charge is -2.35. The lowest BCUT2D eigenvalue weighted by molar-refractivity contribution is 0.191. The van der Waals surface area contributed by atoms with Crippen LogP contribution in [0.1, 0.15) is 33.6 Å². The third-order valence-electron chi connectivity index (χ3n) is 4.33. The van der Waals surface area contributed by atoms with Crippen molar-refractivity contribution in [2.75, 3.05) is 0 Å². The molecule has 1 fully saturated rings. The Morgan fingerprint density at radius 1 is 1.47 bits per heavy atom.